The minimum absolute atomic E-state index is 0.0538. The average molecular weight is 319 g/mol. The highest BCUT2D eigenvalue weighted by Crippen LogP contribution is 2.24. The number of thioether (sulfide) groups is 2. The molecule has 112 valence electrons. The number of benzene rings is 1. The third kappa shape index (κ3) is 4.94. The number of hydrogen-bond acceptors (Lipinski definition) is 4. The lowest BCUT2D eigenvalue weighted by atomic mass is 9.86. The summed E-state index contributed by atoms with van der Waals surface area (Å²) in [4.78, 5) is 12.4. The number of rotatable bonds is 5. The van der Waals surface area contributed by atoms with E-state index in [2.05, 4.69) is 20.8 Å². The molecule has 0 heterocycles. The van der Waals surface area contributed by atoms with E-state index in [1.165, 1.54) is 5.56 Å². The molecule has 1 aromatic rings. The summed E-state index contributed by atoms with van der Waals surface area (Å²) < 4.78 is 0.123. The van der Waals surface area contributed by atoms with Gasteiger partial charge in [0.25, 0.3) is 0 Å². The fourth-order valence-electron chi connectivity index (χ4n) is 1.81. The normalized spacial score (nSPS) is 12.3. The Morgan fingerprint density at radius 1 is 1.19 bits per heavy atom. The maximum Gasteiger partial charge on any atom is 0.203 e. The van der Waals surface area contributed by atoms with Crippen molar-refractivity contribution in [1.29, 1.82) is 5.26 Å². The van der Waals surface area contributed by atoms with Gasteiger partial charge in [-0.2, -0.15) is 5.26 Å². The van der Waals surface area contributed by atoms with E-state index in [1.54, 1.807) is 41.7 Å². The maximum absolute atomic E-state index is 12.4. The van der Waals surface area contributed by atoms with Gasteiger partial charge in [-0.1, -0.05) is 45.0 Å². The van der Waals surface area contributed by atoms with Crippen LogP contribution >= 0.6 is 23.5 Å². The molecule has 1 rings (SSSR count). The van der Waals surface area contributed by atoms with E-state index in [0.29, 0.717) is 5.56 Å². The summed E-state index contributed by atoms with van der Waals surface area (Å²) in [5, 5.41) is 9.22. The van der Waals surface area contributed by atoms with Crippen LogP contribution in [0.25, 0.3) is 0 Å². The SMILES string of the molecule is CSC(C=C(C#N)C(=O)c1ccc(C(C)(C)C)cc1)SC. The number of ketones is 1. The zero-order chi connectivity index (χ0) is 16.0. The first kappa shape index (κ1) is 17.9. The van der Waals surface area contributed by atoms with E-state index in [1.807, 2.05) is 30.7 Å². The van der Waals surface area contributed by atoms with Crippen LogP contribution in [0.2, 0.25) is 0 Å². The van der Waals surface area contributed by atoms with Crippen LogP contribution in [0.5, 0.6) is 0 Å². The van der Waals surface area contributed by atoms with Gasteiger partial charge in [0.15, 0.2) is 0 Å². The molecule has 0 saturated heterocycles. The Hall–Kier alpha value is -1.18. The highest BCUT2D eigenvalue weighted by molar-refractivity contribution is 8.16. The van der Waals surface area contributed by atoms with E-state index in [9.17, 15) is 10.1 Å². The zero-order valence-corrected chi connectivity index (χ0v) is 14.8. The molecule has 4 heteroatoms. The molecule has 1 aromatic carbocycles. The second kappa shape index (κ2) is 7.72. The van der Waals surface area contributed by atoms with Crippen molar-refractivity contribution in [2.24, 2.45) is 0 Å². The van der Waals surface area contributed by atoms with Gasteiger partial charge in [0.1, 0.15) is 6.07 Å². The lowest BCUT2D eigenvalue weighted by molar-refractivity contribution is 0.103. The second-order valence-corrected chi connectivity index (χ2v) is 7.95. The molecule has 0 aliphatic carbocycles. The highest BCUT2D eigenvalue weighted by Gasteiger charge is 2.17. The molecule has 0 amide bonds. The third-order valence-electron chi connectivity index (χ3n) is 3.15. The van der Waals surface area contributed by atoms with Crippen LogP contribution in [-0.2, 0) is 5.41 Å². The van der Waals surface area contributed by atoms with Gasteiger partial charge < -0.3 is 0 Å². The Balaban J connectivity index is 3.05. The maximum atomic E-state index is 12.4. The summed E-state index contributed by atoms with van der Waals surface area (Å²) in [5.41, 5.74) is 2.01. The summed E-state index contributed by atoms with van der Waals surface area (Å²) >= 11 is 3.23. The summed E-state index contributed by atoms with van der Waals surface area (Å²) in [7, 11) is 0. The molecular weight excluding hydrogens is 298 g/mol. The van der Waals surface area contributed by atoms with Crippen molar-refractivity contribution >= 4 is 29.3 Å². The Bertz CT molecular complexity index is 558. The van der Waals surface area contributed by atoms with E-state index in [-0.39, 0.29) is 21.4 Å². The molecule has 0 N–H and O–H groups in total. The highest BCUT2D eigenvalue weighted by atomic mass is 32.2. The molecule has 2 nitrogen and oxygen atoms in total. The first-order valence-corrected chi connectivity index (χ1v) is 9.23. The van der Waals surface area contributed by atoms with Crippen molar-refractivity contribution in [3.63, 3.8) is 0 Å². The quantitative estimate of drug-likeness (QED) is 0.342. The summed E-state index contributed by atoms with van der Waals surface area (Å²) in [6, 6.07) is 9.57. The lowest BCUT2D eigenvalue weighted by Gasteiger charge is -2.19. The largest absolute Gasteiger partial charge is 0.288 e. The average Bonchev–Trinajstić information content (AvgIpc) is 2.47. The van der Waals surface area contributed by atoms with Gasteiger partial charge >= 0.3 is 0 Å². The lowest BCUT2D eigenvalue weighted by Crippen LogP contribution is -2.11. The molecule has 0 radical (unpaired) electrons. The van der Waals surface area contributed by atoms with Crippen LogP contribution in [-0.4, -0.2) is 22.9 Å². The van der Waals surface area contributed by atoms with Crippen molar-refractivity contribution in [3.05, 3.63) is 47.0 Å². The summed E-state index contributed by atoms with van der Waals surface area (Å²) in [6.07, 6.45) is 5.68. The van der Waals surface area contributed by atoms with Crippen molar-refractivity contribution in [2.75, 3.05) is 12.5 Å². The number of hydrogen-bond donors (Lipinski definition) is 0. The molecular formula is C17H21NOS2. The van der Waals surface area contributed by atoms with Crippen molar-refractivity contribution in [3.8, 4) is 6.07 Å². The van der Waals surface area contributed by atoms with Crippen LogP contribution in [0, 0.1) is 11.3 Å². The second-order valence-electron chi connectivity index (χ2n) is 5.69. The van der Waals surface area contributed by atoms with Crippen LogP contribution in [0.3, 0.4) is 0 Å². The predicted octanol–water partition coefficient (Wildman–Crippen LogP) is 4.67. The molecule has 0 fully saturated rings. The van der Waals surface area contributed by atoms with Gasteiger partial charge in [0.05, 0.1) is 10.2 Å². The van der Waals surface area contributed by atoms with Crippen LogP contribution in [0.15, 0.2) is 35.9 Å². The molecule has 0 aliphatic rings. The number of allylic oxidation sites excluding steroid dienone is 1. The van der Waals surface area contributed by atoms with Crippen LogP contribution < -0.4 is 0 Å². The van der Waals surface area contributed by atoms with Crippen molar-refractivity contribution in [1.82, 2.24) is 0 Å². The van der Waals surface area contributed by atoms with Gasteiger partial charge in [-0.25, -0.2) is 0 Å². The topological polar surface area (TPSA) is 40.9 Å². The summed E-state index contributed by atoms with van der Waals surface area (Å²) in [6.45, 7) is 6.39. The van der Waals surface area contributed by atoms with Crippen molar-refractivity contribution < 1.29 is 4.79 Å². The number of nitrogens with zero attached hydrogens (tertiary/aromatic N) is 1. The third-order valence-corrected chi connectivity index (χ3v) is 5.50. The molecule has 0 bridgehead atoms. The van der Waals surface area contributed by atoms with Gasteiger partial charge in [-0.3, -0.25) is 4.79 Å². The molecule has 0 saturated carbocycles. The Kier molecular flexibility index (Phi) is 6.57. The van der Waals surface area contributed by atoms with E-state index in [0.717, 1.165) is 0 Å². The standard InChI is InChI=1S/C17H21NOS2/c1-17(2,3)14-8-6-12(7-9-14)16(19)13(11-18)10-15(20-4)21-5/h6-10,15H,1-5H3. The van der Waals surface area contributed by atoms with Gasteiger partial charge in [-0.05, 0) is 29.6 Å². The minimum Gasteiger partial charge on any atom is -0.288 e. The van der Waals surface area contributed by atoms with Crippen LogP contribution in [0.1, 0.15) is 36.7 Å². The smallest absolute Gasteiger partial charge is 0.203 e. The Morgan fingerprint density at radius 2 is 1.71 bits per heavy atom. The molecule has 0 aliphatic heterocycles. The predicted molar refractivity (Wildman–Crippen MR) is 94.0 cm³/mol. The number of Topliss-reactive ketones (excluding diaryl/α,β-unsaturated/α-hetero) is 1. The summed E-state index contributed by atoms with van der Waals surface area (Å²) in [5.74, 6) is -0.203. The molecule has 0 spiro atoms. The van der Waals surface area contributed by atoms with Crippen LogP contribution in [0.4, 0.5) is 0 Å². The molecule has 0 aromatic heterocycles. The zero-order valence-electron chi connectivity index (χ0n) is 13.1. The van der Waals surface area contributed by atoms with E-state index >= 15 is 0 Å². The molecule has 0 atom stereocenters. The van der Waals surface area contributed by atoms with Crippen molar-refractivity contribution in [2.45, 2.75) is 30.8 Å². The van der Waals surface area contributed by atoms with Gasteiger partial charge in [0.2, 0.25) is 5.78 Å². The van der Waals surface area contributed by atoms with E-state index in [4.69, 9.17) is 0 Å². The fraction of sp³-hybridized carbons (Fsp3) is 0.412. The molecule has 0 unspecified atom stereocenters. The number of carbonyl (C=O) groups is 1. The van der Waals surface area contributed by atoms with Gasteiger partial charge in [0, 0.05) is 5.56 Å². The first-order valence-electron chi connectivity index (χ1n) is 6.66. The Morgan fingerprint density at radius 3 is 2.10 bits per heavy atom. The van der Waals surface area contributed by atoms with E-state index < -0.39 is 0 Å². The minimum atomic E-state index is -0.203. The fourth-order valence-corrected chi connectivity index (χ4v) is 3.12. The number of carbonyl (C=O) groups excluding carboxylic acids is 1. The number of nitriles is 1. The Labute approximate surface area is 136 Å². The first-order chi connectivity index (χ1) is 9.83. The van der Waals surface area contributed by atoms with Gasteiger partial charge in [-0.15, -0.1) is 23.5 Å². The monoisotopic (exact) mass is 319 g/mol. The molecule has 21 heavy (non-hydrogen) atoms.